The molecule has 0 spiro atoms. The fraction of sp³-hybridized carbons (Fsp3) is 0.333. The summed E-state index contributed by atoms with van der Waals surface area (Å²) in [6.45, 7) is 6.06. The summed E-state index contributed by atoms with van der Waals surface area (Å²) in [4.78, 5) is 33.0. The molecule has 0 bridgehead atoms. The minimum atomic E-state index is -5.02. The lowest BCUT2D eigenvalue weighted by atomic mass is 9.86. The van der Waals surface area contributed by atoms with Gasteiger partial charge in [-0.25, -0.2) is 4.98 Å². The fourth-order valence-corrected chi connectivity index (χ4v) is 3.52. The minimum absolute atomic E-state index is 0.00593. The molecular formula is C18H17F3N6O2. The van der Waals surface area contributed by atoms with Crippen LogP contribution in [0.1, 0.15) is 26.3 Å². The summed E-state index contributed by atoms with van der Waals surface area (Å²) in [6.07, 6.45) is -3.95. The van der Waals surface area contributed by atoms with Crippen molar-refractivity contribution in [2.45, 2.75) is 32.4 Å². The van der Waals surface area contributed by atoms with Crippen LogP contribution in [-0.2, 0) is 15.0 Å². The van der Waals surface area contributed by atoms with Gasteiger partial charge in [-0.2, -0.15) is 18.3 Å². The van der Waals surface area contributed by atoms with Crippen molar-refractivity contribution in [3.8, 4) is 11.5 Å². The molecule has 2 aromatic heterocycles. The number of benzene rings is 1. The molecule has 1 aliphatic heterocycles. The number of amides is 2. The third-order valence-electron chi connectivity index (χ3n) is 5.04. The van der Waals surface area contributed by atoms with Gasteiger partial charge in [-0.05, 0) is 38.5 Å². The second-order valence-corrected chi connectivity index (χ2v) is 7.26. The Morgan fingerprint density at radius 2 is 2.03 bits per heavy atom. The van der Waals surface area contributed by atoms with Crippen molar-refractivity contribution in [3.05, 3.63) is 23.9 Å². The molecule has 152 valence electrons. The molecule has 0 saturated heterocycles. The molecule has 0 unspecified atom stereocenters. The Bertz CT molecular complexity index is 1140. The van der Waals surface area contributed by atoms with E-state index in [1.807, 2.05) is 26.8 Å². The van der Waals surface area contributed by atoms with E-state index in [2.05, 4.69) is 20.2 Å². The first-order valence-electron chi connectivity index (χ1n) is 8.82. The van der Waals surface area contributed by atoms with Crippen LogP contribution in [0.2, 0.25) is 0 Å². The van der Waals surface area contributed by atoms with Gasteiger partial charge in [0.1, 0.15) is 5.69 Å². The summed E-state index contributed by atoms with van der Waals surface area (Å²) >= 11 is 0. The number of aromatic amines is 2. The monoisotopic (exact) mass is 406 g/mol. The Morgan fingerprint density at radius 3 is 2.69 bits per heavy atom. The van der Waals surface area contributed by atoms with Gasteiger partial charge in [0.25, 0.3) is 0 Å². The van der Waals surface area contributed by atoms with Crippen molar-refractivity contribution >= 4 is 34.2 Å². The van der Waals surface area contributed by atoms with E-state index in [4.69, 9.17) is 0 Å². The highest BCUT2D eigenvalue weighted by Crippen LogP contribution is 2.43. The van der Waals surface area contributed by atoms with Crippen molar-refractivity contribution in [2.24, 2.45) is 0 Å². The van der Waals surface area contributed by atoms with E-state index < -0.39 is 17.5 Å². The lowest BCUT2D eigenvalue weighted by Gasteiger charge is -2.18. The van der Waals surface area contributed by atoms with E-state index >= 15 is 0 Å². The predicted molar refractivity (Wildman–Crippen MR) is 99.4 cm³/mol. The smallest absolute Gasteiger partial charge is 0.337 e. The molecule has 0 radical (unpaired) electrons. The molecule has 3 aromatic rings. The van der Waals surface area contributed by atoms with Crippen LogP contribution in [0.5, 0.6) is 0 Å². The summed E-state index contributed by atoms with van der Waals surface area (Å²) in [5, 5.41) is 8.04. The number of likely N-dealkylation sites (N-methyl/N-ethyl adjacent to an activating group) is 1. The lowest BCUT2D eigenvalue weighted by molar-refractivity contribution is -0.167. The van der Waals surface area contributed by atoms with Gasteiger partial charge in [-0.15, -0.1) is 0 Å². The number of nitrogens with zero attached hydrogens (tertiary/aromatic N) is 3. The van der Waals surface area contributed by atoms with Crippen LogP contribution in [-0.4, -0.2) is 44.7 Å². The Kier molecular flexibility index (Phi) is 3.97. The number of carbonyl (C=O) groups excluding carboxylic acids is 2. The van der Waals surface area contributed by atoms with Crippen molar-refractivity contribution in [1.29, 1.82) is 0 Å². The number of anilines is 2. The largest absolute Gasteiger partial charge is 0.471 e. The van der Waals surface area contributed by atoms with E-state index in [9.17, 15) is 22.8 Å². The second-order valence-electron chi connectivity index (χ2n) is 7.26. The first kappa shape index (κ1) is 19.0. The lowest BCUT2D eigenvalue weighted by Crippen LogP contribution is -2.35. The number of alkyl halides is 3. The molecule has 1 aromatic carbocycles. The average molecular weight is 406 g/mol. The average Bonchev–Trinajstić information content (AvgIpc) is 3.29. The Morgan fingerprint density at radius 1 is 1.31 bits per heavy atom. The number of fused-ring (bicyclic) bond motifs is 2. The van der Waals surface area contributed by atoms with E-state index in [1.54, 1.807) is 16.3 Å². The predicted octanol–water partition coefficient (Wildman–Crippen LogP) is 3.10. The van der Waals surface area contributed by atoms with Gasteiger partial charge < -0.3 is 15.2 Å². The Hall–Kier alpha value is -3.37. The van der Waals surface area contributed by atoms with E-state index in [1.165, 1.54) is 0 Å². The van der Waals surface area contributed by atoms with E-state index in [0.717, 1.165) is 17.4 Å². The topological polar surface area (TPSA) is 107 Å². The normalized spacial score (nSPS) is 15.8. The maximum absolute atomic E-state index is 12.6. The third-order valence-corrected chi connectivity index (χ3v) is 5.04. The van der Waals surface area contributed by atoms with Gasteiger partial charge in [0.05, 0.1) is 34.0 Å². The van der Waals surface area contributed by atoms with Gasteiger partial charge in [0.2, 0.25) is 5.91 Å². The summed E-state index contributed by atoms with van der Waals surface area (Å²) in [5.74, 6) is -1.89. The van der Waals surface area contributed by atoms with Gasteiger partial charge >= 0.3 is 12.1 Å². The number of carbonyl (C=O) groups is 2. The molecule has 29 heavy (non-hydrogen) atoms. The summed E-state index contributed by atoms with van der Waals surface area (Å²) in [6, 6.07) is 3.59. The molecule has 11 heteroatoms. The first-order valence-corrected chi connectivity index (χ1v) is 8.82. The molecule has 2 amide bonds. The minimum Gasteiger partial charge on any atom is -0.337 e. The Labute approximate surface area is 162 Å². The van der Waals surface area contributed by atoms with Gasteiger partial charge in [-0.3, -0.25) is 14.7 Å². The molecule has 0 saturated carbocycles. The summed E-state index contributed by atoms with van der Waals surface area (Å²) in [7, 11) is 0. The van der Waals surface area contributed by atoms with Gasteiger partial charge in [0.15, 0.2) is 5.82 Å². The summed E-state index contributed by atoms with van der Waals surface area (Å²) in [5.41, 5.74) is 1.99. The van der Waals surface area contributed by atoms with Crippen LogP contribution < -0.4 is 10.2 Å². The maximum atomic E-state index is 12.6. The van der Waals surface area contributed by atoms with Crippen molar-refractivity contribution in [1.82, 2.24) is 20.2 Å². The zero-order valence-corrected chi connectivity index (χ0v) is 15.7. The zero-order chi connectivity index (χ0) is 21.1. The number of imidazole rings is 1. The molecular weight excluding hydrogens is 389 g/mol. The number of hydrogen-bond donors (Lipinski definition) is 3. The van der Waals surface area contributed by atoms with Crippen molar-refractivity contribution < 1.29 is 22.8 Å². The van der Waals surface area contributed by atoms with Crippen LogP contribution in [0.3, 0.4) is 0 Å². The summed E-state index contributed by atoms with van der Waals surface area (Å²) < 4.78 is 37.7. The molecule has 3 heterocycles. The number of H-pyrrole nitrogens is 2. The molecule has 1 aliphatic rings. The van der Waals surface area contributed by atoms with Crippen molar-refractivity contribution in [3.63, 3.8) is 0 Å². The van der Waals surface area contributed by atoms with Crippen LogP contribution in [0.4, 0.5) is 24.5 Å². The van der Waals surface area contributed by atoms with Gasteiger partial charge in [-0.1, -0.05) is 0 Å². The van der Waals surface area contributed by atoms with Crippen LogP contribution in [0.15, 0.2) is 18.3 Å². The molecule has 4 rings (SSSR count). The zero-order valence-electron chi connectivity index (χ0n) is 15.7. The molecule has 0 atom stereocenters. The van der Waals surface area contributed by atoms with Crippen LogP contribution in [0.25, 0.3) is 22.6 Å². The van der Waals surface area contributed by atoms with Crippen LogP contribution in [0, 0.1) is 0 Å². The Balaban J connectivity index is 1.77. The standard InChI is InChI=1S/C18H17F3N6O2/c1-4-27-12-6-10-9(5-8(12)17(2,3)16(27)29)23-14(24-10)13-11(7-22-26-13)25-15(28)18(19,20)21/h5-7H,4H2,1-3H3,(H,22,26)(H,23,24)(H,25,28). The second kappa shape index (κ2) is 6.06. The fourth-order valence-electron chi connectivity index (χ4n) is 3.52. The molecule has 8 nitrogen and oxygen atoms in total. The maximum Gasteiger partial charge on any atom is 0.471 e. The SMILES string of the molecule is CCN1C(=O)C(C)(C)c2cc3[nH]c(-c4[nH]ncc4NC(=O)C(F)(F)F)nc3cc21. The quantitative estimate of drug-likeness (QED) is 0.621. The number of hydrogen-bond acceptors (Lipinski definition) is 4. The molecule has 0 fully saturated rings. The van der Waals surface area contributed by atoms with Crippen molar-refractivity contribution in [2.75, 3.05) is 16.8 Å². The first-order chi connectivity index (χ1) is 13.5. The third kappa shape index (κ3) is 2.84. The number of nitrogens with one attached hydrogen (secondary N) is 3. The highest BCUT2D eigenvalue weighted by Gasteiger charge is 2.43. The van der Waals surface area contributed by atoms with Crippen LogP contribution >= 0.6 is 0 Å². The highest BCUT2D eigenvalue weighted by atomic mass is 19.4. The molecule has 0 aliphatic carbocycles. The van der Waals surface area contributed by atoms with Gasteiger partial charge in [0, 0.05) is 6.54 Å². The van der Waals surface area contributed by atoms with E-state index in [0.29, 0.717) is 17.6 Å². The number of aromatic nitrogens is 4. The van der Waals surface area contributed by atoms with E-state index in [-0.39, 0.29) is 23.1 Å². The number of halogens is 3. The number of rotatable bonds is 3. The highest BCUT2D eigenvalue weighted by molar-refractivity contribution is 6.09. The molecule has 3 N–H and O–H groups in total.